The molecule has 0 aliphatic carbocycles. The zero-order chi connectivity index (χ0) is 13.5. The molecular weight excluding hydrogens is 234 g/mol. The highest BCUT2D eigenvalue weighted by molar-refractivity contribution is 5.90. The van der Waals surface area contributed by atoms with Gasteiger partial charge >= 0.3 is 0 Å². The third-order valence-corrected chi connectivity index (χ3v) is 3.59. The summed E-state index contributed by atoms with van der Waals surface area (Å²) < 4.78 is 0. The summed E-state index contributed by atoms with van der Waals surface area (Å²) in [5, 5.41) is 0. The van der Waals surface area contributed by atoms with E-state index in [1.165, 1.54) is 6.42 Å². The van der Waals surface area contributed by atoms with Gasteiger partial charge in [-0.15, -0.1) is 0 Å². The second-order valence-corrected chi connectivity index (χ2v) is 5.08. The molecule has 0 aromatic heterocycles. The zero-order valence-corrected chi connectivity index (χ0v) is 11.5. The van der Waals surface area contributed by atoms with Crippen LogP contribution < -0.4 is 0 Å². The Hall–Kier alpha value is -1.67. The van der Waals surface area contributed by atoms with Crippen molar-refractivity contribution in [1.29, 1.82) is 0 Å². The summed E-state index contributed by atoms with van der Waals surface area (Å²) in [5.41, 5.74) is 1.15. The minimum Gasteiger partial charge on any atom is -0.303 e. The Morgan fingerprint density at radius 2 is 2.11 bits per heavy atom. The number of nitrogens with zero attached hydrogens (tertiary/aromatic N) is 1. The molecule has 0 radical (unpaired) electrons. The van der Waals surface area contributed by atoms with E-state index in [0.29, 0.717) is 12.5 Å². The Labute approximate surface area is 115 Å². The number of hydrogen-bond donors (Lipinski definition) is 0. The van der Waals surface area contributed by atoms with E-state index in [4.69, 9.17) is 0 Å². The van der Waals surface area contributed by atoms with E-state index >= 15 is 0 Å². The van der Waals surface area contributed by atoms with Crippen molar-refractivity contribution in [2.75, 3.05) is 13.6 Å². The molecule has 0 N–H and O–H groups in total. The summed E-state index contributed by atoms with van der Waals surface area (Å²) in [6.45, 7) is 1.12. The summed E-state index contributed by atoms with van der Waals surface area (Å²) in [6.07, 6.45) is 10.5. The second-order valence-electron chi connectivity index (χ2n) is 5.08. The lowest BCUT2D eigenvalue weighted by Crippen LogP contribution is -2.26. The van der Waals surface area contributed by atoms with Gasteiger partial charge in [0.05, 0.1) is 0 Å². The Balaban J connectivity index is 1.79. The van der Waals surface area contributed by atoms with Crippen molar-refractivity contribution in [2.24, 2.45) is 0 Å². The van der Waals surface area contributed by atoms with E-state index in [0.717, 1.165) is 18.5 Å². The van der Waals surface area contributed by atoms with Crippen LogP contribution in [0.3, 0.4) is 0 Å². The van der Waals surface area contributed by atoms with E-state index in [9.17, 15) is 4.79 Å². The van der Waals surface area contributed by atoms with Crippen molar-refractivity contribution in [1.82, 2.24) is 4.90 Å². The first kappa shape index (κ1) is 13.8. The monoisotopic (exact) mass is 255 g/mol. The van der Waals surface area contributed by atoms with E-state index in [1.807, 2.05) is 48.6 Å². The van der Waals surface area contributed by atoms with E-state index in [2.05, 4.69) is 11.9 Å². The van der Waals surface area contributed by atoms with E-state index < -0.39 is 0 Å². The van der Waals surface area contributed by atoms with Crippen LogP contribution in [0.25, 0.3) is 6.08 Å². The van der Waals surface area contributed by atoms with Gasteiger partial charge in [0.2, 0.25) is 0 Å². The Morgan fingerprint density at radius 1 is 1.32 bits per heavy atom. The molecule has 1 heterocycles. The molecule has 1 atom stereocenters. The molecule has 0 spiro atoms. The molecule has 1 aromatic rings. The number of likely N-dealkylation sites (tertiary alicyclic amines) is 1. The van der Waals surface area contributed by atoms with Crippen LogP contribution in [0.1, 0.15) is 24.8 Å². The Bertz CT molecular complexity index is 461. The summed E-state index contributed by atoms with van der Waals surface area (Å²) in [6, 6.07) is 10.5. The summed E-state index contributed by atoms with van der Waals surface area (Å²) in [5.74, 6) is 0.219. The fraction of sp³-hybridized carbons (Fsp3) is 0.353. The molecular formula is C17H21NO. The van der Waals surface area contributed by atoms with Crippen LogP contribution in [0.5, 0.6) is 0 Å². The summed E-state index contributed by atoms with van der Waals surface area (Å²) >= 11 is 0. The first-order valence-electron chi connectivity index (χ1n) is 6.88. The number of allylic oxidation sites excluding steroid dienone is 3. The number of ketones is 1. The predicted octanol–water partition coefficient (Wildman–Crippen LogP) is 3.31. The normalized spacial score (nSPS) is 20.6. The first-order chi connectivity index (χ1) is 9.25. The zero-order valence-electron chi connectivity index (χ0n) is 11.5. The second kappa shape index (κ2) is 7.05. The standard InChI is InChI=1S/C17H21NO/c1-18-13-7-11-16(18)14-17(19)12-6-5-10-15-8-3-2-4-9-15/h2-6,8-10,12,16H,7,11,13-14H2,1H3/b10-5+,12-6+/t16-/m1/s1. The molecule has 0 saturated carbocycles. The molecule has 1 aliphatic heterocycles. The van der Waals surface area contributed by atoms with Crippen molar-refractivity contribution in [3.05, 3.63) is 54.1 Å². The topological polar surface area (TPSA) is 20.3 Å². The van der Waals surface area contributed by atoms with Gasteiger partial charge in [-0.05, 0) is 38.1 Å². The van der Waals surface area contributed by atoms with Crippen LogP contribution in [0.4, 0.5) is 0 Å². The number of carbonyl (C=O) groups is 1. The molecule has 0 bridgehead atoms. The lowest BCUT2D eigenvalue weighted by Gasteiger charge is -2.17. The van der Waals surface area contributed by atoms with Crippen molar-refractivity contribution < 1.29 is 4.79 Å². The molecule has 1 aliphatic rings. The molecule has 1 fully saturated rings. The van der Waals surface area contributed by atoms with Crippen molar-refractivity contribution in [3.63, 3.8) is 0 Å². The largest absolute Gasteiger partial charge is 0.303 e. The Kier molecular flexibility index (Phi) is 5.10. The van der Waals surface area contributed by atoms with Crippen LogP contribution >= 0.6 is 0 Å². The van der Waals surface area contributed by atoms with E-state index in [1.54, 1.807) is 6.08 Å². The van der Waals surface area contributed by atoms with Crippen molar-refractivity contribution in [2.45, 2.75) is 25.3 Å². The molecule has 2 heteroatoms. The maximum Gasteiger partial charge on any atom is 0.157 e. The molecule has 1 aromatic carbocycles. The Morgan fingerprint density at radius 3 is 2.79 bits per heavy atom. The quantitative estimate of drug-likeness (QED) is 0.594. The minimum absolute atomic E-state index is 0.219. The van der Waals surface area contributed by atoms with Crippen LogP contribution in [0.2, 0.25) is 0 Å². The van der Waals surface area contributed by atoms with Crippen LogP contribution in [0.15, 0.2) is 48.6 Å². The van der Waals surface area contributed by atoms with Gasteiger partial charge in [-0.1, -0.05) is 48.6 Å². The summed E-state index contributed by atoms with van der Waals surface area (Å²) in [7, 11) is 2.10. The number of hydrogen-bond acceptors (Lipinski definition) is 2. The first-order valence-corrected chi connectivity index (χ1v) is 6.88. The number of rotatable bonds is 5. The predicted molar refractivity (Wildman–Crippen MR) is 79.9 cm³/mol. The van der Waals surface area contributed by atoms with Crippen LogP contribution in [-0.4, -0.2) is 30.3 Å². The smallest absolute Gasteiger partial charge is 0.157 e. The molecule has 2 nitrogen and oxygen atoms in total. The van der Waals surface area contributed by atoms with Gasteiger partial charge in [-0.2, -0.15) is 0 Å². The SMILES string of the molecule is CN1CCC[C@@H]1CC(=O)/C=C/C=C/c1ccccc1. The van der Waals surface area contributed by atoms with Gasteiger partial charge in [0.25, 0.3) is 0 Å². The average Bonchev–Trinajstić information content (AvgIpc) is 2.82. The minimum atomic E-state index is 0.219. The highest BCUT2D eigenvalue weighted by Crippen LogP contribution is 2.18. The molecule has 0 unspecified atom stereocenters. The summed E-state index contributed by atoms with van der Waals surface area (Å²) in [4.78, 5) is 14.1. The third-order valence-electron chi connectivity index (χ3n) is 3.59. The number of benzene rings is 1. The molecule has 2 rings (SSSR count). The van der Waals surface area contributed by atoms with Gasteiger partial charge in [0, 0.05) is 12.5 Å². The van der Waals surface area contributed by atoms with Gasteiger partial charge in [-0.3, -0.25) is 4.79 Å². The maximum atomic E-state index is 11.8. The molecule has 19 heavy (non-hydrogen) atoms. The van der Waals surface area contributed by atoms with Gasteiger partial charge < -0.3 is 4.90 Å². The highest BCUT2D eigenvalue weighted by atomic mass is 16.1. The molecule has 100 valence electrons. The lowest BCUT2D eigenvalue weighted by atomic mass is 10.1. The van der Waals surface area contributed by atoms with Crippen molar-refractivity contribution in [3.8, 4) is 0 Å². The fourth-order valence-corrected chi connectivity index (χ4v) is 2.43. The molecule has 1 saturated heterocycles. The fourth-order valence-electron chi connectivity index (χ4n) is 2.43. The van der Waals surface area contributed by atoms with Gasteiger partial charge in [-0.25, -0.2) is 0 Å². The van der Waals surface area contributed by atoms with E-state index in [-0.39, 0.29) is 5.78 Å². The van der Waals surface area contributed by atoms with Crippen LogP contribution in [-0.2, 0) is 4.79 Å². The van der Waals surface area contributed by atoms with Crippen molar-refractivity contribution >= 4 is 11.9 Å². The maximum absolute atomic E-state index is 11.8. The van der Waals surface area contributed by atoms with Gasteiger partial charge in [0.15, 0.2) is 5.78 Å². The highest BCUT2D eigenvalue weighted by Gasteiger charge is 2.22. The lowest BCUT2D eigenvalue weighted by molar-refractivity contribution is -0.115. The van der Waals surface area contributed by atoms with Crippen LogP contribution in [0, 0.1) is 0 Å². The third kappa shape index (κ3) is 4.49. The molecule has 0 amide bonds. The number of carbonyl (C=O) groups excluding carboxylic acids is 1. The average molecular weight is 255 g/mol. The van der Waals surface area contributed by atoms with Gasteiger partial charge in [0.1, 0.15) is 0 Å².